The molecule has 1 aliphatic rings. The van der Waals surface area contributed by atoms with Crippen molar-refractivity contribution >= 4 is 22.8 Å². The number of benzene rings is 1. The number of para-hydroxylation sites is 1. The largest absolute Gasteiger partial charge is 0.466 e. The summed E-state index contributed by atoms with van der Waals surface area (Å²) >= 11 is 0. The van der Waals surface area contributed by atoms with E-state index in [1.807, 2.05) is 43.1 Å². The molecule has 0 fully saturated rings. The molecular weight excluding hydrogens is 320 g/mol. The van der Waals surface area contributed by atoms with Crippen LogP contribution < -0.4 is 0 Å². The third kappa shape index (κ3) is 2.80. The first-order valence-corrected chi connectivity index (χ1v) is 7.87. The zero-order valence-electron chi connectivity index (χ0n) is 14.6. The molecule has 1 aromatic carbocycles. The Labute approximate surface area is 145 Å². The van der Waals surface area contributed by atoms with E-state index in [1.165, 1.54) is 14.2 Å². The number of carbonyl (C=O) groups excluding carboxylic acids is 2. The van der Waals surface area contributed by atoms with Crippen molar-refractivity contribution in [3.63, 3.8) is 0 Å². The van der Waals surface area contributed by atoms with Gasteiger partial charge in [-0.25, -0.2) is 9.59 Å². The van der Waals surface area contributed by atoms with Crippen LogP contribution in [0.25, 0.3) is 10.9 Å². The Kier molecular flexibility index (Phi) is 4.35. The number of esters is 2. The number of rotatable bonds is 3. The fourth-order valence-corrected chi connectivity index (χ4v) is 3.32. The van der Waals surface area contributed by atoms with E-state index in [4.69, 9.17) is 9.47 Å². The molecule has 2 aromatic rings. The average Bonchev–Trinajstić information content (AvgIpc) is 2.95. The van der Waals surface area contributed by atoms with Crippen LogP contribution in [0.3, 0.4) is 0 Å². The van der Waals surface area contributed by atoms with E-state index in [2.05, 4.69) is 4.98 Å². The molecule has 6 nitrogen and oxygen atoms in total. The quantitative estimate of drug-likeness (QED) is 0.870. The minimum Gasteiger partial charge on any atom is -0.466 e. The van der Waals surface area contributed by atoms with E-state index in [-0.39, 0.29) is 6.04 Å². The van der Waals surface area contributed by atoms with Gasteiger partial charge in [0, 0.05) is 35.4 Å². The van der Waals surface area contributed by atoms with Gasteiger partial charge in [0.1, 0.15) is 0 Å². The van der Waals surface area contributed by atoms with Gasteiger partial charge in [-0.05, 0) is 19.1 Å². The molecular formula is C19H20N2O4. The van der Waals surface area contributed by atoms with Crippen molar-refractivity contribution in [2.45, 2.75) is 13.0 Å². The maximum atomic E-state index is 12.4. The monoisotopic (exact) mass is 340 g/mol. The maximum absolute atomic E-state index is 12.4. The van der Waals surface area contributed by atoms with Gasteiger partial charge < -0.3 is 19.4 Å². The summed E-state index contributed by atoms with van der Waals surface area (Å²) in [5.41, 5.74) is 3.63. The first-order chi connectivity index (χ1) is 12.0. The fraction of sp³-hybridized carbons (Fsp3) is 0.263. The van der Waals surface area contributed by atoms with E-state index in [0.717, 1.165) is 22.2 Å². The molecule has 0 saturated carbocycles. The summed E-state index contributed by atoms with van der Waals surface area (Å²) in [6.07, 6.45) is 3.23. The lowest BCUT2D eigenvalue weighted by atomic mass is 9.91. The van der Waals surface area contributed by atoms with Crippen LogP contribution in [0, 0.1) is 6.92 Å². The van der Waals surface area contributed by atoms with Crippen LogP contribution in [0.5, 0.6) is 0 Å². The number of H-pyrrole nitrogens is 1. The molecule has 25 heavy (non-hydrogen) atoms. The predicted molar refractivity (Wildman–Crippen MR) is 93.7 cm³/mol. The van der Waals surface area contributed by atoms with Crippen molar-refractivity contribution in [1.29, 1.82) is 0 Å². The number of hydrogen-bond donors (Lipinski definition) is 1. The third-order valence-corrected chi connectivity index (χ3v) is 4.41. The number of aromatic amines is 1. The summed E-state index contributed by atoms with van der Waals surface area (Å²) in [7, 11) is 4.47. The van der Waals surface area contributed by atoms with E-state index < -0.39 is 11.9 Å². The van der Waals surface area contributed by atoms with Gasteiger partial charge in [-0.15, -0.1) is 0 Å². The minimum atomic E-state index is -0.498. The number of aromatic nitrogens is 1. The first kappa shape index (κ1) is 16.8. The Morgan fingerprint density at radius 3 is 2.48 bits per heavy atom. The molecule has 0 aliphatic carbocycles. The van der Waals surface area contributed by atoms with Crippen LogP contribution in [0.15, 0.2) is 47.7 Å². The van der Waals surface area contributed by atoms with Crippen molar-refractivity contribution in [3.8, 4) is 0 Å². The molecule has 1 aromatic heterocycles. The minimum absolute atomic E-state index is 0.305. The van der Waals surface area contributed by atoms with Gasteiger partial charge in [0.2, 0.25) is 0 Å². The molecule has 1 aliphatic heterocycles. The topological polar surface area (TPSA) is 71.6 Å². The smallest absolute Gasteiger partial charge is 0.339 e. The number of hydrogen-bond acceptors (Lipinski definition) is 5. The van der Waals surface area contributed by atoms with Crippen LogP contribution in [-0.2, 0) is 19.1 Å². The number of fused-ring (bicyclic) bond motifs is 1. The molecule has 130 valence electrons. The van der Waals surface area contributed by atoms with Gasteiger partial charge >= 0.3 is 11.9 Å². The summed E-state index contributed by atoms with van der Waals surface area (Å²) < 4.78 is 9.74. The third-order valence-electron chi connectivity index (χ3n) is 4.41. The van der Waals surface area contributed by atoms with Crippen molar-refractivity contribution < 1.29 is 19.1 Å². The van der Waals surface area contributed by atoms with Crippen molar-refractivity contribution in [1.82, 2.24) is 9.88 Å². The summed E-state index contributed by atoms with van der Waals surface area (Å²) in [5.74, 6) is -0.974. The lowest BCUT2D eigenvalue weighted by molar-refractivity contribution is -0.136. The molecule has 1 N–H and O–H groups in total. The second-order valence-corrected chi connectivity index (χ2v) is 5.94. The lowest BCUT2D eigenvalue weighted by Gasteiger charge is -2.32. The number of aryl methyl sites for hydroxylation is 1. The fourth-order valence-electron chi connectivity index (χ4n) is 3.32. The Morgan fingerprint density at radius 2 is 1.80 bits per heavy atom. The van der Waals surface area contributed by atoms with Gasteiger partial charge in [-0.1, -0.05) is 18.2 Å². The highest BCUT2D eigenvalue weighted by atomic mass is 16.5. The maximum Gasteiger partial charge on any atom is 0.339 e. The molecule has 0 saturated heterocycles. The van der Waals surface area contributed by atoms with Gasteiger partial charge in [0.25, 0.3) is 0 Å². The first-order valence-electron chi connectivity index (χ1n) is 7.87. The second-order valence-electron chi connectivity index (χ2n) is 5.94. The van der Waals surface area contributed by atoms with Gasteiger partial charge in [-0.3, -0.25) is 0 Å². The standard InChI is InChI=1S/C19H20N2O4/c1-11-16(13-7-5-6-8-15(13)20-11)17-14(19(23)25-4)9-12(10-21(17)2)18(22)24-3/h5-10,17,20H,1-4H3. The summed E-state index contributed by atoms with van der Waals surface area (Å²) in [4.78, 5) is 29.5. The molecule has 3 rings (SSSR count). The van der Waals surface area contributed by atoms with E-state index in [1.54, 1.807) is 12.3 Å². The SMILES string of the molecule is COC(=O)C1=CN(C)C(c2c(C)[nH]c3ccccc23)C(C(=O)OC)=C1. The molecule has 1 atom stereocenters. The highest BCUT2D eigenvalue weighted by Gasteiger charge is 2.33. The van der Waals surface area contributed by atoms with Crippen molar-refractivity contribution in [2.24, 2.45) is 0 Å². The normalized spacial score (nSPS) is 17.1. The molecule has 0 spiro atoms. The van der Waals surface area contributed by atoms with E-state index in [0.29, 0.717) is 11.1 Å². The molecule has 2 heterocycles. The molecule has 0 amide bonds. The number of nitrogens with one attached hydrogen (secondary N) is 1. The number of methoxy groups -OCH3 is 2. The zero-order valence-corrected chi connectivity index (χ0v) is 14.6. The molecule has 0 radical (unpaired) electrons. The number of likely N-dealkylation sites (N-methyl/N-ethyl adjacent to an activating group) is 1. The Morgan fingerprint density at radius 1 is 1.12 bits per heavy atom. The Bertz CT molecular complexity index is 907. The molecule has 6 heteroatoms. The Hall–Kier alpha value is -3.02. The van der Waals surface area contributed by atoms with Crippen molar-refractivity contribution in [2.75, 3.05) is 21.3 Å². The van der Waals surface area contributed by atoms with Crippen LogP contribution in [0.2, 0.25) is 0 Å². The molecule has 1 unspecified atom stereocenters. The van der Waals surface area contributed by atoms with Gasteiger partial charge in [0.15, 0.2) is 0 Å². The van der Waals surface area contributed by atoms with Crippen LogP contribution >= 0.6 is 0 Å². The van der Waals surface area contributed by atoms with Crippen LogP contribution in [0.4, 0.5) is 0 Å². The Balaban J connectivity index is 2.18. The summed E-state index contributed by atoms with van der Waals surface area (Å²) in [6.45, 7) is 1.97. The zero-order chi connectivity index (χ0) is 18.1. The van der Waals surface area contributed by atoms with Crippen LogP contribution in [-0.4, -0.2) is 43.1 Å². The van der Waals surface area contributed by atoms with Gasteiger partial charge in [-0.2, -0.15) is 0 Å². The van der Waals surface area contributed by atoms with E-state index >= 15 is 0 Å². The number of carbonyl (C=O) groups is 2. The van der Waals surface area contributed by atoms with E-state index in [9.17, 15) is 9.59 Å². The highest BCUT2D eigenvalue weighted by molar-refractivity contribution is 5.99. The summed E-state index contributed by atoms with van der Waals surface area (Å²) in [5, 5.41) is 1.03. The highest BCUT2D eigenvalue weighted by Crippen LogP contribution is 2.39. The average molecular weight is 340 g/mol. The number of ether oxygens (including phenoxy) is 2. The van der Waals surface area contributed by atoms with Crippen LogP contribution in [0.1, 0.15) is 17.3 Å². The predicted octanol–water partition coefficient (Wildman–Crippen LogP) is 2.62. The second kappa shape index (κ2) is 6.47. The number of nitrogens with zero attached hydrogens (tertiary/aromatic N) is 1. The lowest BCUT2D eigenvalue weighted by Crippen LogP contribution is -2.30. The van der Waals surface area contributed by atoms with Crippen molar-refractivity contribution in [3.05, 3.63) is 58.9 Å². The van der Waals surface area contributed by atoms with Gasteiger partial charge in [0.05, 0.1) is 31.4 Å². The molecule has 0 bridgehead atoms. The summed E-state index contributed by atoms with van der Waals surface area (Å²) in [6, 6.07) is 7.55.